The van der Waals surface area contributed by atoms with Crippen molar-refractivity contribution < 1.29 is 4.79 Å². The first-order valence-electron chi connectivity index (χ1n) is 6.15. The average molecular weight is 243 g/mol. The molecule has 3 rings (SSSR count). The number of likely N-dealkylation sites (tertiary alicyclic amines) is 1. The van der Waals surface area contributed by atoms with Crippen LogP contribution in [0, 0.1) is 0 Å². The van der Waals surface area contributed by atoms with Crippen molar-refractivity contribution in [3.63, 3.8) is 0 Å². The number of H-pyrrole nitrogens is 1. The van der Waals surface area contributed by atoms with Crippen LogP contribution in [0.15, 0.2) is 48.9 Å². The van der Waals surface area contributed by atoms with Gasteiger partial charge in [-0.2, -0.15) is 0 Å². The van der Waals surface area contributed by atoms with E-state index >= 15 is 0 Å². The van der Waals surface area contributed by atoms with E-state index in [2.05, 4.69) is 9.97 Å². The third-order valence-corrected chi connectivity index (χ3v) is 2.79. The lowest BCUT2D eigenvalue weighted by molar-refractivity contribution is 0.0787. The molecule has 1 aliphatic heterocycles. The Bertz CT molecular complexity index is 420. The van der Waals surface area contributed by atoms with E-state index < -0.39 is 0 Å². The summed E-state index contributed by atoms with van der Waals surface area (Å²) in [5.74, 6) is 0.0741. The largest absolute Gasteiger partial charge is 0.341 e. The molecular formula is C14H17N3O. The number of nitrogens with one attached hydrogen (secondary N) is 1. The molecule has 0 unspecified atom stereocenters. The van der Waals surface area contributed by atoms with Crippen LogP contribution in [0.2, 0.25) is 0 Å². The number of carbonyl (C=O) groups excluding carboxylic acids is 1. The van der Waals surface area contributed by atoms with Crippen molar-refractivity contribution >= 4 is 5.91 Å². The van der Waals surface area contributed by atoms with Crippen molar-refractivity contribution in [1.82, 2.24) is 14.9 Å². The predicted molar refractivity (Wildman–Crippen MR) is 70.2 cm³/mol. The molecule has 2 aromatic rings. The maximum atomic E-state index is 11.6. The summed E-state index contributed by atoms with van der Waals surface area (Å²) in [6.45, 7) is 1.77. The first kappa shape index (κ1) is 12.4. The summed E-state index contributed by atoms with van der Waals surface area (Å²) in [5.41, 5.74) is 0.594. The molecule has 1 aliphatic rings. The van der Waals surface area contributed by atoms with Gasteiger partial charge in [-0.25, -0.2) is 4.98 Å². The highest BCUT2D eigenvalue weighted by molar-refractivity contribution is 5.92. The highest BCUT2D eigenvalue weighted by Gasteiger charge is 2.19. The Hall–Kier alpha value is -2.10. The van der Waals surface area contributed by atoms with Gasteiger partial charge in [0.2, 0.25) is 0 Å². The van der Waals surface area contributed by atoms with Crippen molar-refractivity contribution in [2.45, 2.75) is 12.8 Å². The number of benzene rings is 1. The maximum absolute atomic E-state index is 11.6. The van der Waals surface area contributed by atoms with Gasteiger partial charge in [0.25, 0.3) is 5.91 Å². The molecule has 18 heavy (non-hydrogen) atoms. The van der Waals surface area contributed by atoms with Gasteiger partial charge in [-0.05, 0) is 12.8 Å². The van der Waals surface area contributed by atoms with Gasteiger partial charge in [0.15, 0.2) is 0 Å². The normalized spacial score (nSPS) is 13.9. The topological polar surface area (TPSA) is 49.0 Å². The van der Waals surface area contributed by atoms with E-state index in [1.54, 1.807) is 6.20 Å². The van der Waals surface area contributed by atoms with E-state index in [0.29, 0.717) is 5.69 Å². The molecule has 94 valence electrons. The third-order valence-electron chi connectivity index (χ3n) is 2.79. The molecule has 0 spiro atoms. The second-order valence-electron chi connectivity index (χ2n) is 4.12. The molecular weight excluding hydrogens is 226 g/mol. The van der Waals surface area contributed by atoms with Gasteiger partial charge in [0, 0.05) is 13.1 Å². The number of amides is 1. The van der Waals surface area contributed by atoms with Gasteiger partial charge in [0.1, 0.15) is 5.69 Å². The van der Waals surface area contributed by atoms with Gasteiger partial charge in [-0.3, -0.25) is 4.79 Å². The van der Waals surface area contributed by atoms with Gasteiger partial charge >= 0.3 is 0 Å². The summed E-state index contributed by atoms with van der Waals surface area (Å²) >= 11 is 0. The summed E-state index contributed by atoms with van der Waals surface area (Å²) in [4.78, 5) is 20.0. The third kappa shape index (κ3) is 3.45. The Morgan fingerprint density at radius 1 is 1.06 bits per heavy atom. The zero-order valence-corrected chi connectivity index (χ0v) is 10.2. The number of carbonyl (C=O) groups is 1. The minimum Gasteiger partial charge on any atom is -0.341 e. The van der Waals surface area contributed by atoms with Crippen molar-refractivity contribution in [3.8, 4) is 0 Å². The summed E-state index contributed by atoms with van der Waals surface area (Å²) in [6.07, 6.45) is 5.35. The van der Waals surface area contributed by atoms with Crippen molar-refractivity contribution in [3.05, 3.63) is 54.6 Å². The van der Waals surface area contributed by atoms with E-state index in [4.69, 9.17) is 0 Å². The van der Waals surface area contributed by atoms with Crippen molar-refractivity contribution in [1.29, 1.82) is 0 Å². The Balaban J connectivity index is 0.000000169. The summed E-state index contributed by atoms with van der Waals surface area (Å²) < 4.78 is 0. The number of imidazole rings is 1. The molecule has 1 N–H and O–H groups in total. The summed E-state index contributed by atoms with van der Waals surface area (Å²) in [7, 11) is 0. The number of rotatable bonds is 1. The number of hydrogen-bond donors (Lipinski definition) is 1. The summed E-state index contributed by atoms with van der Waals surface area (Å²) in [6, 6.07) is 12.0. The molecule has 0 atom stereocenters. The van der Waals surface area contributed by atoms with E-state index in [1.807, 2.05) is 41.3 Å². The van der Waals surface area contributed by atoms with Crippen LogP contribution in [0.1, 0.15) is 23.3 Å². The van der Waals surface area contributed by atoms with Gasteiger partial charge in [-0.1, -0.05) is 36.4 Å². The van der Waals surface area contributed by atoms with Crippen LogP contribution in [0.5, 0.6) is 0 Å². The van der Waals surface area contributed by atoms with E-state index in [0.717, 1.165) is 25.9 Å². The quantitative estimate of drug-likeness (QED) is 0.835. The second-order valence-corrected chi connectivity index (χ2v) is 4.12. The van der Waals surface area contributed by atoms with Crippen molar-refractivity contribution in [2.24, 2.45) is 0 Å². The number of nitrogens with zero attached hydrogens (tertiary/aromatic N) is 2. The first-order valence-corrected chi connectivity index (χ1v) is 6.15. The maximum Gasteiger partial charge on any atom is 0.271 e. The summed E-state index contributed by atoms with van der Waals surface area (Å²) in [5, 5.41) is 0. The standard InChI is InChI=1S/C8H11N3O.C6H6/c12-8(7-5-9-6-10-7)11-3-1-2-4-11;1-2-4-6-5-3-1/h5-6H,1-4H2,(H,9,10);1-6H. The minimum atomic E-state index is 0.0741. The fourth-order valence-electron chi connectivity index (χ4n) is 1.85. The molecule has 0 bridgehead atoms. The van der Waals surface area contributed by atoms with Crippen molar-refractivity contribution in [2.75, 3.05) is 13.1 Å². The molecule has 4 heteroatoms. The Morgan fingerprint density at radius 3 is 2.06 bits per heavy atom. The molecule has 1 aromatic carbocycles. The molecule has 0 saturated carbocycles. The Kier molecular flexibility index (Phi) is 4.53. The van der Waals surface area contributed by atoms with E-state index in [1.165, 1.54) is 6.33 Å². The lowest BCUT2D eigenvalue weighted by Crippen LogP contribution is -2.27. The van der Waals surface area contributed by atoms with E-state index in [9.17, 15) is 4.79 Å². The van der Waals surface area contributed by atoms with Crippen LogP contribution in [0.4, 0.5) is 0 Å². The SMILES string of the molecule is O=C(c1cnc[nH]1)N1CCCC1.c1ccccc1. The van der Waals surface area contributed by atoms with Crippen LogP contribution in [0.25, 0.3) is 0 Å². The van der Waals surface area contributed by atoms with Crippen LogP contribution >= 0.6 is 0 Å². The number of aromatic amines is 1. The van der Waals surface area contributed by atoms with E-state index in [-0.39, 0.29) is 5.91 Å². The highest BCUT2D eigenvalue weighted by atomic mass is 16.2. The molecule has 1 fully saturated rings. The molecule has 2 heterocycles. The zero-order valence-electron chi connectivity index (χ0n) is 10.2. The first-order chi connectivity index (χ1) is 8.88. The lowest BCUT2D eigenvalue weighted by Gasteiger charge is -2.12. The molecule has 1 amide bonds. The van der Waals surface area contributed by atoms with Crippen LogP contribution in [0.3, 0.4) is 0 Å². The zero-order chi connectivity index (χ0) is 12.6. The average Bonchev–Trinajstić information content (AvgIpc) is 3.14. The minimum absolute atomic E-state index is 0.0741. The molecule has 0 aliphatic carbocycles. The lowest BCUT2D eigenvalue weighted by atomic mass is 10.4. The molecule has 0 radical (unpaired) electrons. The van der Waals surface area contributed by atoms with Crippen LogP contribution in [-0.4, -0.2) is 33.9 Å². The van der Waals surface area contributed by atoms with Gasteiger partial charge in [0.05, 0.1) is 12.5 Å². The fraction of sp³-hybridized carbons (Fsp3) is 0.286. The highest BCUT2D eigenvalue weighted by Crippen LogP contribution is 2.10. The molecule has 4 nitrogen and oxygen atoms in total. The second kappa shape index (κ2) is 6.59. The van der Waals surface area contributed by atoms with Gasteiger partial charge < -0.3 is 9.88 Å². The monoisotopic (exact) mass is 243 g/mol. The Morgan fingerprint density at radius 2 is 1.61 bits per heavy atom. The molecule has 1 saturated heterocycles. The van der Waals surface area contributed by atoms with Crippen LogP contribution < -0.4 is 0 Å². The number of hydrogen-bond acceptors (Lipinski definition) is 2. The predicted octanol–water partition coefficient (Wildman–Crippen LogP) is 2.33. The fourth-order valence-corrected chi connectivity index (χ4v) is 1.85. The number of aromatic nitrogens is 2. The Labute approximate surface area is 107 Å². The smallest absolute Gasteiger partial charge is 0.271 e. The van der Waals surface area contributed by atoms with Gasteiger partial charge in [-0.15, -0.1) is 0 Å². The molecule has 1 aromatic heterocycles. The van der Waals surface area contributed by atoms with Crippen LogP contribution in [-0.2, 0) is 0 Å².